The maximum atomic E-state index is 13.7. The van der Waals surface area contributed by atoms with E-state index >= 15 is 0 Å². The normalized spacial score (nSPS) is 11.8. The molecule has 1 atom stereocenters. The Kier molecular flexibility index (Phi) is 11.4. The summed E-state index contributed by atoms with van der Waals surface area (Å²) in [6.45, 7) is 5.02. The predicted octanol–water partition coefficient (Wildman–Crippen LogP) is 6.75. The Morgan fingerprint density at radius 3 is 2.36 bits per heavy atom. The summed E-state index contributed by atoms with van der Waals surface area (Å²) in [6.07, 6.45) is 0.444. The minimum Gasteiger partial charge on any atom is -0.354 e. The lowest BCUT2D eigenvalue weighted by Crippen LogP contribution is -2.51. The van der Waals surface area contributed by atoms with Gasteiger partial charge in [-0.05, 0) is 40.8 Å². The van der Waals surface area contributed by atoms with Crippen LogP contribution in [-0.4, -0.2) is 35.1 Å². The van der Waals surface area contributed by atoms with Gasteiger partial charge in [0.05, 0.1) is 5.75 Å². The van der Waals surface area contributed by atoms with Crippen LogP contribution in [0, 0.1) is 5.92 Å². The van der Waals surface area contributed by atoms with Crippen LogP contribution in [0.5, 0.6) is 0 Å². The van der Waals surface area contributed by atoms with Gasteiger partial charge in [-0.3, -0.25) is 9.59 Å². The molecule has 1 unspecified atom stereocenters. The minimum atomic E-state index is -0.626. The van der Waals surface area contributed by atoms with Crippen LogP contribution in [-0.2, 0) is 28.3 Å². The smallest absolute Gasteiger partial charge is 0.243 e. The van der Waals surface area contributed by atoms with E-state index in [-0.39, 0.29) is 17.6 Å². The Hall–Kier alpha value is -2.28. The molecule has 0 saturated carbocycles. The predicted molar refractivity (Wildman–Crippen MR) is 154 cm³/mol. The van der Waals surface area contributed by atoms with Gasteiger partial charge in [0.15, 0.2) is 0 Å². The topological polar surface area (TPSA) is 49.4 Å². The number of thioether (sulfide) groups is 1. The first-order chi connectivity index (χ1) is 17.3. The van der Waals surface area contributed by atoms with Gasteiger partial charge >= 0.3 is 0 Å². The molecule has 0 aliphatic carbocycles. The molecule has 0 radical (unpaired) electrons. The summed E-state index contributed by atoms with van der Waals surface area (Å²) in [6, 6.07) is 24.8. The Balaban J connectivity index is 1.85. The fourth-order valence-electron chi connectivity index (χ4n) is 3.76. The van der Waals surface area contributed by atoms with Gasteiger partial charge in [-0.2, -0.15) is 0 Å². The highest BCUT2D eigenvalue weighted by Crippen LogP contribution is 2.23. The monoisotopic (exact) mass is 586 g/mol. The van der Waals surface area contributed by atoms with Crippen LogP contribution in [0.15, 0.2) is 83.3 Å². The number of nitrogens with one attached hydrogen (secondary N) is 1. The molecule has 0 fully saturated rings. The summed E-state index contributed by atoms with van der Waals surface area (Å²) in [5.41, 5.74) is 2.97. The number of carbonyl (C=O) groups is 2. The Morgan fingerprint density at radius 1 is 0.972 bits per heavy atom. The molecule has 3 aromatic rings. The number of rotatable bonds is 12. The number of hydrogen-bond donors (Lipinski definition) is 1. The number of amides is 2. The lowest BCUT2D eigenvalue weighted by molar-refractivity contribution is -0.139. The zero-order chi connectivity index (χ0) is 25.9. The van der Waals surface area contributed by atoms with E-state index in [1.54, 1.807) is 4.90 Å². The van der Waals surface area contributed by atoms with Gasteiger partial charge in [0.1, 0.15) is 6.04 Å². The van der Waals surface area contributed by atoms with Crippen LogP contribution >= 0.6 is 39.3 Å². The molecule has 0 spiro atoms. The second-order valence-corrected chi connectivity index (χ2v) is 11.4. The molecule has 3 rings (SSSR count). The molecule has 36 heavy (non-hydrogen) atoms. The number of halogens is 2. The first kappa shape index (κ1) is 28.3. The third kappa shape index (κ3) is 8.99. The summed E-state index contributed by atoms with van der Waals surface area (Å²) in [5, 5.41) is 3.75. The molecular weight excluding hydrogens is 556 g/mol. The van der Waals surface area contributed by atoms with Crippen LogP contribution in [0.25, 0.3) is 0 Å². The van der Waals surface area contributed by atoms with Crippen molar-refractivity contribution < 1.29 is 9.59 Å². The molecule has 0 aliphatic heterocycles. The van der Waals surface area contributed by atoms with Crippen molar-refractivity contribution in [3.05, 3.63) is 105 Å². The van der Waals surface area contributed by atoms with E-state index in [9.17, 15) is 9.59 Å². The van der Waals surface area contributed by atoms with E-state index < -0.39 is 6.04 Å². The van der Waals surface area contributed by atoms with E-state index in [0.717, 1.165) is 21.2 Å². The molecule has 0 bridgehead atoms. The molecule has 1 N–H and O–H groups in total. The third-order valence-corrected chi connectivity index (χ3v) is 7.47. The van der Waals surface area contributed by atoms with Crippen LogP contribution in [0.2, 0.25) is 5.02 Å². The van der Waals surface area contributed by atoms with Gasteiger partial charge in [0.2, 0.25) is 11.8 Å². The molecule has 4 nitrogen and oxygen atoms in total. The molecule has 0 heterocycles. The van der Waals surface area contributed by atoms with E-state index in [2.05, 4.69) is 35.1 Å². The van der Waals surface area contributed by atoms with Crippen molar-refractivity contribution in [1.29, 1.82) is 0 Å². The highest BCUT2D eigenvalue weighted by molar-refractivity contribution is 9.10. The maximum absolute atomic E-state index is 13.7. The number of hydrogen-bond acceptors (Lipinski definition) is 3. The fraction of sp³-hybridized carbons (Fsp3) is 0.310. The Bertz CT molecular complexity index is 1140. The maximum Gasteiger partial charge on any atom is 0.243 e. The van der Waals surface area contributed by atoms with Crippen LogP contribution in [0.1, 0.15) is 30.5 Å². The van der Waals surface area contributed by atoms with Crippen molar-refractivity contribution in [2.24, 2.45) is 5.92 Å². The van der Waals surface area contributed by atoms with E-state index in [0.29, 0.717) is 36.2 Å². The van der Waals surface area contributed by atoms with E-state index in [1.165, 1.54) is 11.8 Å². The van der Waals surface area contributed by atoms with Crippen molar-refractivity contribution in [1.82, 2.24) is 10.2 Å². The number of benzene rings is 3. The molecule has 190 valence electrons. The molecule has 0 aliphatic rings. The van der Waals surface area contributed by atoms with Gasteiger partial charge in [-0.15, -0.1) is 11.8 Å². The molecule has 0 aromatic heterocycles. The number of nitrogens with zero attached hydrogens (tertiary/aromatic N) is 1. The molecular formula is C29H32BrClN2O2S. The van der Waals surface area contributed by atoms with Crippen LogP contribution in [0.3, 0.4) is 0 Å². The van der Waals surface area contributed by atoms with E-state index in [1.807, 2.05) is 78.9 Å². The van der Waals surface area contributed by atoms with Crippen molar-refractivity contribution in [3.63, 3.8) is 0 Å². The van der Waals surface area contributed by atoms with Gasteiger partial charge in [-0.1, -0.05) is 102 Å². The third-order valence-electron chi connectivity index (χ3n) is 5.64. The summed E-state index contributed by atoms with van der Waals surface area (Å²) in [7, 11) is 0. The van der Waals surface area contributed by atoms with Gasteiger partial charge in [-0.25, -0.2) is 0 Å². The standard InChI is InChI=1S/C29H32BrClN2O2S/c1-21(2)17-32-29(35)27(16-22-9-4-3-5-10-22)33(18-23-11-8-13-25(30)15-23)28(34)20-36-19-24-12-6-7-14-26(24)31/h3-15,21,27H,16-20H2,1-2H3,(H,32,35). The Labute approximate surface area is 231 Å². The average Bonchev–Trinajstić information content (AvgIpc) is 2.86. The zero-order valence-electron chi connectivity index (χ0n) is 20.6. The van der Waals surface area contributed by atoms with Gasteiger partial charge < -0.3 is 10.2 Å². The molecule has 0 saturated heterocycles. The van der Waals surface area contributed by atoms with Gasteiger partial charge in [0, 0.05) is 34.8 Å². The van der Waals surface area contributed by atoms with Crippen molar-refractivity contribution in [2.75, 3.05) is 12.3 Å². The fourth-order valence-corrected chi connectivity index (χ4v) is 5.40. The number of carbonyl (C=O) groups excluding carboxylic acids is 2. The van der Waals surface area contributed by atoms with Crippen molar-refractivity contribution in [3.8, 4) is 0 Å². The average molecular weight is 588 g/mol. The minimum absolute atomic E-state index is 0.0762. The lowest BCUT2D eigenvalue weighted by atomic mass is 10.0. The molecule has 7 heteroatoms. The SMILES string of the molecule is CC(C)CNC(=O)C(Cc1ccccc1)N(Cc1cccc(Br)c1)C(=O)CSCc1ccccc1Cl. The largest absolute Gasteiger partial charge is 0.354 e. The zero-order valence-corrected chi connectivity index (χ0v) is 23.8. The highest BCUT2D eigenvalue weighted by Gasteiger charge is 2.30. The van der Waals surface area contributed by atoms with Crippen molar-refractivity contribution in [2.45, 2.75) is 38.6 Å². The van der Waals surface area contributed by atoms with Crippen LogP contribution < -0.4 is 5.32 Å². The summed E-state index contributed by atoms with van der Waals surface area (Å²) >= 11 is 11.3. The first-order valence-corrected chi connectivity index (χ1v) is 14.3. The second-order valence-electron chi connectivity index (χ2n) is 9.08. The Morgan fingerprint density at radius 2 is 1.67 bits per heavy atom. The summed E-state index contributed by atoms with van der Waals surface area (Å²) in [5.74, 6) is 0.979. The van der Waals surface area contributed by atoms with Crippen molar-refractivity contribution >= 4 is 51.1 Å². The summed E-state index contributed by atoms with van der Waals surface area (Å²) in [4.78, 5) is 28.8. The highest BCUT2D eigenvalue weighted by atomic mass is 79.9. The lowest BCUT2D eigenvalue weighted by Gasteiger charge is -2.32. The molecule has 2 amide bonds. The quantitative estimate of drug-likeness (QED) is 0.255. The molecule has 3 aromatic carbocycles. The first-order valence-electron chi connectivity index (χ1n) is 12.0. The van der Waals surface area contributed by atoms with E-state index in [4.69, 9.17) is 11.6 Å². The second kappa shape index (κ2) is 14.5. The van der Waals surface area contributed by atoms with Gasteiger partial charge in [0.25, 0.3) is 0 Å². The summed E-state index contributed by atoms with van der Waals surface area (Å²) < 4.78 is 0.935. The van der Waals surface area contributed by atoms with Crippen LogP contribution in [0.4, 0.5) is 0 Å².